The second-order valence-electron chi connectivity index (χ2n) is 8.30. The summed E-state index contributed by atoms with van der Waals surface area (Å²) in [6, 6.07) is 6.52. The van der Waals surface area contributed by atoms with Gasteiger partial charge in [-0.25, -0.2) is 0 Å². The molecule has 3 aliphatic rings. The van der Waals surface area contributed by atoms with E-state index in [0.29, 0.717) is 12.1 Å². The summed E-state index contributed by atoms with van der Waals surface area (Å²) in [4.78, 5) is 32.0. The van der Waals surface area contributed by atoms with Crippen molar-refractivity contribution in [2.75, 3.05) is 23.4 Å². The van der Waals surface area contributed by atoms with E-state index in [1.807, 2.05) is 32.2 Å². The van der Waals surface area contributed by atoms with Gasteiger partial charge >= 0.3 is 0 Å². The zero-order valence-corrected chi connectivity index (χ0v) is 16.8. The van der Waals surface area contributed by atoms with Crippen LogP contribution in [0.15, 0.2) is 18.2 Å². The maximum absolute atomic E-state index is 13.3. The lowest BCUT2D eigenvalue weighted by atomic mass is 9.93. The van der Waals surface area contributed by atoms with E-state index in [4.69, 9.17) is 0 Å². The number of fused-ring (bicyclic) bond motifs is 1. The highest BCUT2D eigenvalue weighted by Gasteiger charge is 2.41. The summed E-state index contributed by atoms with van der Waals surface area (Å²) in [5.41, 5.74) is 2.71. The van der Waals surface area contributed by atoms with E-state index in [-0.39, 0.29) is 17.9 Å². The molecule has 0 radical (unpaired) electrons. The molecule has 27 heavy (non-hydrogen) atoms. The normalized spacial score (nSPS) is 23.4. The Labute approximate surface area is 162 Å². The molecule has 5 nitrogen and oxygen atoms in total. The maximum atomic E-state index is 13.3. The number of carbonyl (C=O) groups excluding carboxylic acids is 2. The van der Waals surface area contributed by atoms with E-state index in [2.05, 4.69) is 16.7 Å². The quantitative estimate of drug-likeness (QED) is 0.810. The van der Waals surface area contributed by atoms with Crippen molar-refractivity contribution >= 4 is 23.2 Å². The molecule has 0 N–H and O–H groups in total. The van der Waals surface area contributed by atoms with Crippen LogP contribution < -0.4 is 9.80 Å². The molecule has 1 aromatic carbocycles. The maximum Gasteiger partial charge on any atom is 0.254 e. The number of hydrogen-bond donors (Lipinski definition) is 0. The van der Waals surface area contributed by atoms with Crippen LogP contribution in [-0.2, 0) is 4.79 Å². The van der Waals surface area contributed by atoms with Gasteiger partial charge in [0.05, 0.1) is 11.4 Å². The van der Waals surface area contributed by atoms with Gasteiger partial charge in [0.15, 0.2) is 0 Å². The lowest BCUT2D eigenvalue weighted by molar-refractivity contribution is -0.119. The number of amides is 2. The minimum Gasteiger partial charge on any atom is -0.355 e. The molecule has 1 aromatic rings. The first kappa shape index (κ1) is 18.3. The van der Waals surface area contributed by atoms with Gasteiger partial charge < -0.3 is 14.7 Å². The van der Waals surface area contributed by atoms with Crippen LogP contribution in [0.2, 0.25) is 0 Å². The molecule has 1 aliphatic heterocycles. The molecule has 4 rings (SSSR count). The van der Waals surface area contributed by atoms with Crippen molar-refractivity contribution in [3.63, 3.8) is 0 Å². The molecular weight excluding hydrogens is 338 g/mol. The summed E-state index contributed by atoms with van der Waals surface area (Å²) < 4.78 is 0. The number of likely N-dealkylation sites (N-methyl/N-ethyl adjacent to an activating group) is 1. The van der Waals surface area contributed by atoms with Crippen LogP contribution in [0.3, 0.4) is 0 Å². The van der Waals surface area contributed by atoms with Crippen LogP contribution in [0.1, 0.15) is 69.2 Å². The lowest BCUT2D eigenvalue weighted by Gasteiger charge is -2.41. The Hall–Kier alpha value is -2.04. The molecule has 2 fully saturated rings. The molecule has 146 valence electrons. The SMILES string of the molecule is CCN(C(=O)c1ccc2c(c1)N(C1CC1)C(C)C(=O)N2C)C1CCCCC1. The molecule has 0 aromatic heterocycles. The highest BCUT2D eigenvalue weighted by atomic mass is 16.2. The van der Waals surface area contributed by atoms with Gasteiger partial charge in [-0.3, -0.25) is 9.59 Å². The van der Waals surface area contributed by atoms with Gasteiger partial charge in [0.1, 0.15) is 6.04 Å². The molecule has 0 spiro atoms. The standard InChI is InChI=1S/C22H31N3O2/c1-4-24(17-8-6-5-7-9-17)22(27)16-10-13-19-20(14-16)25(18-11-12-18)15(2)21(26)23(19)3/h10,13-15,17-18H,4-9,11-12H2,1-3H3. The molecule has 2 amide bonds. The van der Waals surface area contributed by atoms with E-state index in [9.17, 15) is 9.59 Å². The van der Waals surface area contributed by atoms with Crippen molar-refractivity contribution in [2.45, 2.75) is 76.9 Å². The van der Waals surface area contributed by atoms with Gasteiger partial charge in [-0.15, -0.1) is 0 Å². The van der Waals surface area contributed by atoms with Gasteiger partial charge in [0, 0.05) is 31.2 Å². The monoisotopic (exact) mass is 369 g/mol. The van der Waals surface area contributed by atoms with Crippen molar-refractivity contribution in [2.24, 2.45) is 0 Å². The fourth-order valence-corrected chi connectivity index (χ4v) is 4.87. The number of carbonyl (C=O) groups is 2. The smallest absolute Gasteiger partial charge is 0.254 e. The number of anilines is 2. The highest BCUT2D eigenvalue weighted by Crippen LogP contribution is 2.43. The van der Waals surface area contributed by atoms with Gasteiger partial charge in [0.2, 0.25) is 5.91 Å². The van der Waals surface area contributed by atoms with Gasteiger partial charge in [-0.05, 0) is 57.7 Å². The Morgan fingerprint density at radius 3 is 2.44 bits per heavy atom. The van der Waals surface area contributed by atoms with Crippen molar-refractivity contribution in [1.82, 2.24) is 4.90 Å². The zero-order chi connectivity index (χ0) is 19.1. The topological polar surface area (TPSA) is 43.9 Å². The fraction of sp³-hybridized carbons (Fsp3) is 0.636. The van der Waals surface area contributed by atoms with Crippen LogP contribution in [0, 0.1) is 0 Å². The summed E-state index contributed by atoms with van der Waals surface area (Å²) in [6.07, 6.45) is 8.22. The first-order valence-corrected chi connectivity index (χ1v) is 10.5. The Kier molecular flexibility index (Phi) is 4.87. The summed E-state index contributed by atoms with van der Waals surface area (Å²) in [7, 11) is 1.84. The van der Waals surface area contributed by atoms with Crippen molar-refractivity contribution in [3.05, 3.63) is 23.8 Å². The second-order valence-corrected chi connectivity index (χ2v) is 8.30. The molecule has 5 heteroatoms. The largest absolute Gasteiger partial charge is 0.355 e. The third-order valence-electron chi connectivity index (χ3n) is 6.52. The minimum absolute atomic E-state index is 0.130. The minimum atomic E-state index is -0.166. The fourth-order valence-electron chi connectivity index (χ4n) is 4.87. The van der Waals surface area contributed by atoms with Gasteiger partial charge in [0.25, 0.3) is 5.91 Å². The van der Waals surface area contributed by atoms with E-state index >= 15 is 0 Å². The van der Waals surface area contributed by atoms with Gasteiger partial charge in [-0.1, -0.05) is 19.3 Å². The van der Waals surface area contributed by atoms with Crippen LogP contribution >= 0.6 is 0 Å². The first-order chi connectivity index (χ1) is 13.0. The molecule has 1 atom stereocenters. The van der Waals surface area contributed by atoms with Crippen LogP contribution in [0.4, 0.5) is 11.4 Å². The van der Waals surface area contributed by atoms with Gasteiger partial charge in [-0.2, -0.15) is 0 Å². The number of hydrogen-bond acceptors (Lipinski definition) is 3. The van der Waals surface area contributed by atoms with Crippen LogP contribution in [0.5, 0.6) is 0 Å². The molecule has 2 saturated carbocycles. The van der Waals surface area contributed by atoms with Crippen molar-refractivity contribution in [3.8, 4) is 0 Å². The predicted molar refractivity (Wildman–Crippen MR) is 108 cm³/mol. The molecule has 0 bridgehead atoms. The van der Waals surface area contributed by atoms with E-state index in [0.717, 1.165) is 49.2 Å². The van der Waals surface area contributed by atoms with E-state index in [1.54, 1.807) is 4.90 Å². The Morgan fingerprint density at radius 1 is 1.11 bits per heavy atom. The third-order valence-corrected chi connectivity index (χ3v) is 6.52. The summed E-state index contributed by atoms with van der Waals surface area (Å²) in [5, 5.41) is 0. The van der Waals surface area contributed by atoms with E-state index in [1.165, 1.54) is 19.3 Å². The highest BCUT2D eigenvalue weighted by molar-refractivity contribution is 6.06. The average Bonchev–Trinajstić information content (AvgIpc) is 3.52. The molecule has 1 heterocycles. The lowest BCUT2D eigenvalue weighted by Crippen LogP contribution is -2.51. The Bertz CT molecular complexity index is 737. The van der Waals surface area contributed by atoms with Crippen LogP contribution in [-0.4, -0.2) is 48.4 Å². The van der Waals surface area contributed by atoms with Crippen LogP contribution in [0.25, 0.3) is 0 Å². The average molecular weight is 370 g/mol. The zero-order valence-electron chi connectivity index (χ0n) is 16.8. The van der Waals surface area contributed by atoms with E-state index < -0.39 is 0 Å². The third kappa shape index (κ3) is 3.21. The molecule has 1 unspecified atom stereocenters. The number of nitrogens with zero attached hydrogens (tertiary/aromatic N) is 3. The molecular formula is C22H31N3O2. The number of rotatable bonds is 4. The molecule has 2 aliphatic carbocycles. The first-order valence-electron chi connectivity index (χ1n) is 10.5. The van der Waals surface area contributed by atoms with Crippen molar-refractivity contribution in [1.29, 1.82) is 0 Å². The summed E-state index contributed by atoms with van der Waals surface area (Å²) >= 11 is 0. The summed E-state index contributed by atoms with van der Waals surface area (Å²) in [6.45, 7) is 4.81. The second kappa shape index (κ2) is 7.17. The summed E-state index contributed by atoms with van der Waals surface area (Å²) in [5.74, 6) is 0.265. The number of benzene rings is 1. The molecule has 0 saturated heterocycles. The Balaban J connectivity index is 1.67. The predicted octanol–water partition coefficient (Wildman–Crippen LogP) is 3.82. The van der Waals surface area contributed by atoms with Crippen molar-refractivity contribution < 1.29 is 9.59 Å². The Morgan fingerprint density at radius 2 is 1.81 bits per heavy atom.